The van der Waals surface area contributed by atoms with E-state index in [9.17, 15) is 9.59 Å². The lowest BCUT2D eigenvalue weighted by atomic mass is 9.81. The first-order chi connectivity index (χ1) is 12.6. The molecule has 2 amide bonds. The minimum absolute atomic E-state index is 0. The molecule has 0 saturated carbocycles. The summed E-state index contributed by atoms with van der Waals surface area (Å²) in [6.45, 7) is 7.12. The van der Waals surface area contributed by atoms with E-state index in [1.54, 1.807) is 0 Å². The molecule has 0 atom stereocenters. The third-order valence-corrected chi connectivity index (χ3v) is 5.80. The van der Waals surface area contributed by atoms with Crippen molar-refractivity contribution < 1.29 is 9.59 Å². The number of benzene rings is 1. The number of hydrogen-bond acceptors (Lipinski definition) is 3. The van der Waals surface area contributed by atoms with Crippen LogP contribution in [0.25, 0.3) is 0 Å². The van der Waals surface area contributed by atoms with Crippen molar-refractivity contribution in [3.05, 3.63) is 35.9 Å². The first-order valence-corrected chi connectivity index (χ1v) is 9.87. The number of carbonyl (C=O) groups is 2. The van der Waals surface area contributed by atoms with Crippen molar-refractivity contribution in [1.82, 2.24) is 9.80 Å². The van der Waals surface area contributed by atoms with E-state index < -0.39 is 5.41 Å². The van der Waals surface area contributed by atoms with Gasteiger partial charge in [-0.3, -0.25) is 9.59 Å². The van der Waals surface area contributed by atoms with Crippen molar-refractivity contribution >= 4 is 24.2 Å². The fourth-order valence-electron chi connectivity index (χ4n) is 3.69. The summed E-state index contributed by atoms with van der Waals surface area (Å²) < 4.78 is 0. The van der Waals surface area contributed by atoms with Crippen molar-refractivity contribution in [2.75, 3.05) is 32.7 Å². The highest BCUT2D eigenvalue weighted by Gasteiger charge is 2.37. The molecule has 1 fully saturated rings. The number of amides is 2. The Kier molecular flexibility index (Phi) is 9.81. The van der Waals surface area contributed by atoms with Crippen LogP contribution in [0.15, 0.2) is 30.3 Å². The van der Waals surface area contributed by atoms with Gasteiger partial charge in [0.2, 0.25) is 11.8 Å². The molecule has 0 spiro atoms. The van der Waals surface area contributed by atoms with E-state index in [0.29, 0.717) is 32.6 Å². The van der Waals surface area contributed by atoms with Gasteiger partial charge in [-0.2, -0.15) is 0 Å². The molecular weight excluding hydrogens is 362 g/mol. The topological polar surface area (TPSA) is 66.6 Å². The molecule has 27 heavy (non-hydrogen) atoms. The van der Waals surface area contributed by atoms with Gasteiger partial charge in [-0.1, -0.05) is 44.2 Å². The average Bonchev–Trinajstić information content (AvgIpc) is 2.95. The second-order valence-corrected chi connectivity index (χ2v) is 7.20. The molecule has 1 aromatic rings. The zero-order chi connectivity index (χ0) is 19.0. The van der Waals surface area contributed by atoms with Crippen LogP contribution in [0, 0.1) is 5.41 Å². The lowest BCUT2D eigenvalue weighted by Gasteiger charge is -2.34. The summed E-state index contributed by atoms with van der Waals surface area (Å²) in [7, 11) is 0. The predicted octanol–water partition coefficient (Wildman–Crippen LogP) is 2.87. The maximum atomic E-state index is 13.0. The number of nitrogens with zero attached hydrogens (tertiary/aromatic N) is 2. The van der Waals surface area contributed by atoms with Crippen LogP contribution in [0.2, 0.25) is 0 Å². The number of halogens is 1. The smallest absolute Gasteiger partial charge is 0.230 e. The summed E-state index contributed by atoms with van der Waals surface area (Å²) in [4.78, 5) is 29.4. The molecule has 1 aliphatic rings. The van der Waals surface area contributed by atoms with Crippen LogP contribution in [-0.4, -0.2) is 54.3 Å². The quantitative estimate of drug-likeness (QED) is 0.771. The van der Waals surface area contributed by atoms with Gasteiger partial charge in [-0.05, 0) is 31.2 Å². The number of carbonyl (C=O) groups excluding carboxylic acids is 2. The summed E-state index contributed by atoms with van der Waals surface area (Å²) in [6, 6.07) is 10.1. The second kappa shape index (κ2) is 11.3. The van der Waals surface area contributed by atoms with Crippen molar-refractivity contribution in [2.24, 2.45) is 11.1 Å². The van der Waals surface area contributed by atoms with Gasteiger partial charge in [0.1, 0.15) is 0 Å². The van der Waals surface area contributed by atoms with Gasteiger partial charge in [-0.15, -0.1) is 12.4 Å². The second-order valence-electron chi connectivity index (χ2n) is 7.20. The molecular formula is C21H34ClN3O2. The molecule has 5 nitrogen and oxygen atoms in total. The maximum Gasteiger partial charge on any atom is 0.230 e. The molecule has 1 aliphatic heterocycles. The molecule has 0 unspecified atom stereocenters. The lowest BCUT2D eigenvalue weighted by Crippen LogP contribution is -2.48. The maximum absolute atomic E-state index is 13.0. The van der Waals surface area contributed by atoms with Crippen molar-refractivity contribution in [1.29, 1.82) is 0 Å². The first kappa shape index (κ1) is 23.4. The van der Waals surface area contributed by atoms with Crippen LogP contribution in [-0.2, 0) is 16.0 Å². The Labute approximate surface area is 169 Å². The monoisotopic (exact) mass is 395 g/mol. The SMILES string of the molecule is CCC(CC)(CN)C(=O)N1CCCN(C(=O)CCc2ccccc2)CC1.Cl. The number of hydrogen-bond donors (Lipinski definition) is 1. The van der Waals surface area contributed by atoms with E-state index in [2.05, 4.69) is 12.1 Å². The molecule has 1 saturated heterocycles. The normalized spacial score (nSPS) is 15.1. The molecule has 0 radical (unpaired) electrons. The molecule has 1 aromatic carbocycles. The van der Waals surface area contributed by atoms with Crippen molar-refractivity contribution in [2.45, 2.75) is 46.0 Å². The number of nitrogens with two attached hydrogens (primary N) is 1. The van der Waals surface area contributed by atoms with Crippen molar-refractivity contribution in [3.63, 3.8) is 0 Å². The Morgan fingerprint density at radius 3 is 2.19 bits per heavy atom. The highest BCUT2D eigenvalue weighted by molar-refractivity contribution is 5.85. The molecule has 2 N–H and O–H groups in total. The zero-order valence-electron chi connectivity index (χ0n) is 16.7. The van der Waals surface area contributed by atoms with Crippen LogP contribution in [0.5, 0.6) is 0 Å². The van der Waals surface area contributed by atoms with E-state index >= 15 is 0 Å². The summed E-state index contributed by atoms with van der Waals surface area (Å²) >= 11 is 0. The van der Waals surface area contributed by atoms with E-state index in [0.717, 1.165) is 32.2 Å². The van der Waals surface area contributed by atoms with Crippen LogP contribution in [0.3, 0.4) is 0 Å². The standard InChI is InChI=1S/C21H33N3O2.ClH/c1-3-21(4-2,17-22)20(26)24-14-8-13-23(15-16-24)19(25)12-11-18-9-6-5-7-10-18;/h5-7,9-10H,3-4,8,11-17,22H2,1-2H3;1H. The first-order valence-electron chi connectivity index (χ1n) is 9.87. The highest BCUT2D eigenvalue weighted by Crippen LogP contribution is 2.28. The molecule has 2 rings (SSSR count). The summed E-state index contributed by atoms with van der Waals surface area (Å²) in [5.74, 6) is 0.336. The third-order valence-electron chi connectivity index (χ3n) is 5.80. The Morgan fingerprint density at radius 2 is 1.59 bits per heavy atom. The van der Waals surface area contributed by atoms with Gasteiger partial charge in [0.25, 0.3) is 0 Å². The Hall–Kier alpha value is -1.59. The van der Waals surface area contributed by atoms with Gasteiger partial charge in [0, 0.05) is 39.1 Å². The summed E-state index contributed by atoms with van der Waals surface area (Å²) in [5.41, 5.74) is 6.67. The summed E-state index contributed by atoms with van der Waals surface area (Å²) in [6.07, 6.45) is 3.64. The zero-order valence-corrected chi connectivity index (χ0v) is 17.5. The van der Waals surface area contributed by atoms with Crippen LogP contribution >= 0.6 is 12.4 Å². The van der Waals surface area contributed by atoms with Crippen LogP contribution < -0.4 is 5.73 Å². The summed E-state index contributed by atoms with van der Waals surface area (Å²) in [5, 5.41) is 0. The molecule has 6 heteroatoms. The lowest BCUT2D eigenvalue weighted by molar-refractivity contribution is -0.142. The average molecular weight is 396 g/mol. The minimum atomic E-state index is -0.452. The fraction of sp³-hybridized carbons (Fsp3) is 0.619. The van der Waals surface area contributed by atoms with Gasteiger partial charge in [0.05, 0.1) is 5.41 Å². The Bertz CT molecular complexity index is 582. The van der Waals surface area contributed by atoms with Gasteiger partial charge < -0.3 is 15.5 Å². The van der Waals surface area contributed by atoms with E-state index in [-0.39, 0.29) is 24.2 Å². The van der Waals surface area contributed by atoms with Crippen LogP contribution in [0.1, 0.15) is 45.1 Å². The predicted molar refractivity (Wildman–Crippen MR) is 112 cm³/mol. The molecule has 152 valence electrons. The molecule has 1 heterocycles. The van der Waals surface area contributed by atoms with E-state index in [1.165, 1.54) is 5.56 Å². The molecule has 0 bridgehead atoms. The molecule has 0 aliphatic carbocycles. The van der Waals surface area contributed by atoms with Gasteiger partial charge in [-0.25, -0.2) is 0 Å². The minimum Gasteiger partial charge on any atom is -0.341 e. The number of rotatable bonds is 7. The third kappa shape index (κ3) is 5.94. The fourth-order valence-corrected chi connectivity index (χ4v) is 3.69. The van der Waals surface area contributed by atoms with E-state index in [1.807, 2.05) is 41.8 Å². The van der Waals surface area contributed by atoms with E-state index in [4.69, 9.17) is 5.73 Å². The Morgan fingerprint density at radius 1 is 1.00 bits per heavy atom. The van der Waals surface area contributed by atoms with Crippen molar-refractivity contribution in [3.8, 4) is 0 Å². The number of aryl methyl sites for hydroxylation is 1. The Balaban J connectivity index is 0.00000364. The van der Waals surface area contributed by atoms with Gasteiger partial charge >= 0.3 is 0 Å². The van der Waals surface area contributed by atoms with Crippen LogP contribution in [0.4, 0.5) is 0 Å². The largest absolute Gasteiger partial charge is 0.341 e. The molecule has 0 aromatic heterocycles. The van der Waals surface area contributed by atoms with Gasteiger partial charge in [0.15, 0.2) is 0 Å². The highest BCUT2D eigenvalue weighted by atomic mass is 35.5.